The molecule has 1 N–H and O–H groups in total. The maximum atomic E-state index is 13.3. The summed E-state index contributed by atoms with van der Waals surface area (Å²) in [7, 11) is 3.33. The molecule has 0 aromatic heterocycles. The van der Waals surface area contributed by atoms with E-state index in [-0.39, 0.29) is 5.02 Å². The second-order valence-electron chi connectivity index (χ2n) is 3.03. The van der Waals surface area contributed by atoms with Gasteiger partial charge in [-0.15, -0.1) is 0 Å². The molecular formula is C10H13ClFNO. The molecule has 0 aliphatic carbocycles. The summed E-state index contributed by atoms with van der Waals surface area (Å²) in [6.07, 6.45) is 0. The summed E-state index contributed by atoms with van der Waals surface area (Å²) >= 11 is 5.83. The van der Waals surface area contributed by atoms with Crippen LogP contribution in [0, 0.1) is 12.7 Å². The van der Waals surface area contributed by atoms with E-state index in [0.717, 1.165) is 5.56 Å². The van der Waals surface area contributed by atoms with Gasteiger partial charge in [-0.2, -0.15) is 0 Å². The van der Waals surface area contributed by atoms with Crippen LogP contribution in [0.25, 0.3) is 0 Å². The Kier molecular flexibility index (Phi) is 3.72. The van der Waals surface area contributed by atoms with Gasteiger partial charge in [-0.25, -0.2) is 4.39 Å². The molecule has 0 fully saturated rings. The molecule has 0 aliphatic heterocycles. The van der Waals surface area contributed by atoms with Crippen LogP contribution in [-0.2, 0) is 6.54 Å². The molecule has 0 radical (unpaired) electrons. The zero-order valence-corrected chi connectivity index (χ0v) is 9.20. The number of nitrogens with one attached hydrogen (secondary N) is 1. The highest BCUT2D eigenvalue weighted by Crippen LogP contribution is 2.32. The van der Waals surface area contributed by atoms with Crippen molar-refractivity contribution in [1.29, 1.82) is 0 Å². The third-order valence-corrected chi connectivity index (χ3v) is 2.42. The molecule has 0 bridgehead atoms. The number of hydrogen-bond donors (Lipinski definition) is 1. The molecule has 0 heterocycles. The Labute approximate surface area is 88.0 Å². The molecule has 0 unspecified atom stereocenters. The fourth-order valence-corrected chi connectivity index (χ4v) is 1.63. The number of methoxy groups -OCH3 is 1. The van der Waals surface area contributed by atoms with Crippen molar-refractivity contribution in [2.75, 3.05) is 14.2 Å². The van der Waals surface area contributed by atoms with Gasteiger partial charge in [-0.05, 0) is 25.6 Å². The smallest absolute Gasteiger partial charge is 0.142 e. The molecule has 78 valence electrons. The number of ether oxygens (including phenoxy) is 1. The summed E-state index contributed by atoms with van der Waals surface area (Å²) in [5.74, 6) is 0.237. The minimum absolute atomic E-state index is 0.127. The maximum absolute atomic E-state index is 13.3. The Morgan fingerprint density at radius 1 is 1.57 bits per heavy atom. The quantitative estimate of drug-likeness (QED) is 0.840. The lowest BCUT2D eigenvalue weighted by molar-refractivity contribution is 0.404. The lowest BCUT2D eigenvalue weighted by atomic mass is 10.1. The van der Waals surface area contributed by atoms with Crippen molar-refractivity contribution < 1.29 is 9.13 Å². The van der Waals surface area contributed by atoms with Gasteiger partial charge in [-0.3, -0.25) is 0 Å². The molecule has 0 aliphatic rings. The molecule has 0 atom stereocenters. The van der Waals surface area contributed by atoms with E-state index in [9.17, 15) is 4.39 Å². The highest BCUT2D eigenvalue weighted by atomic mass is 35.5. The van der Waals surface area contributed by atoms with Crippen molar-refractivity contribution in [1.82, 2.24) is 5.32 Å². The van der Waals surface area contributed by atoms with Crippen molar-refractivity contribution in [3.8, 4) is 5.75 Å². The molecule has 0 saturated carbocycles. The molecule has 1 rings (SSSR count). The first-order valence-corrected chi connectivity index (χ1v) is 4.65. The lowest BCUT2D eigenvalue weighted by Crippen LogP contribution is -2.09. The molecular weight excluding hydrogens is 205 g/mol. The van der Waals surface area contributed by atoms with Gasteiger partial charge in [0.05, 0.1) is 12.1 Å². The molecule has 2 nitrogen and oxygen atoms in total. The van der Waals surface area contributed by atoms with E-state index in [4.69, 9.17) is 16.3 Å². The molecule has 0 saturated heterocycles. The molecule has 14 heavy (non-hydrogen) atoms. The molecule has 0 amide bonds. The van der Waals surface area contributed by atoms with Crippen molar-refractivity contribution >= 4 is 11.6 Å². The normalized spacial score (nSPS) is 10.4. The van der Waals surface area contributed by atoms with Gasteiger partial charge in [0.1, 0.15) is 11.6 Å². The van der Waals surface area contributed by atoms with E-state index in [1.807, 2.05) is 0 Å². The Morgan fingerprint density at radius 2 is 2.21 bits per heavy atom. The standard InChI is InChI=1S/C10H13ClFNO/c1-6-4-8(12)9(11)7(5-13-2)10(6)14-3/h4,13H,5H2,1-3H3. The Morgan fingerprint density at radius 3 is 2.71 bits per heavy atom. The summed E-state index contributed by atoms with van der Waals surface area (Å²) < 4.78 is 18.4. The number of hydrogen-bond acceptors (Lipinski definition) is 2. The third-order valence-electron chi connectivity index (χ3n) is 2.01. The fourth-order valence-electron chi connectivity index (χ4n) is 1.42. The minimum atomic E-state index is -0.407. The van der Waals surface area contributed by atoms with E-state index in [1.54, 1.807) is 21.1 Å². The zero-order valence-electron chi connectivity index (χ0n) is 8.45. The van der Waals surface area contributed by atoms with Crippen LogP contribution in [0.4, 0.5) is 4.39 Å². The first-order valence-electron chi connectivity index (χ1n) is 4.27. The van der Waals surface area contributed by atoms with Crippen LogP contribution >= 0.6 is 11.6 Å². The summed E-state index contributed by atoms with van der Waals surface area (Å²) in [4.78, 5) is 0. The van der Waals surface area contributed by atoms with Crippen LogP contribution < -0.4 is 10.1 Å². The summed E-state index contributed by atoms with van der Waals surface area (Å²) in [5.41, 5.74) is 1.41. The highest BCUT2D eigenvalue weighted by Gasteiger charge is 2.14. The number of benzene rings is 1. The van der Waals surface area contributed by atoms with E-state index in [1.165, 1.54) is 6.07 Å². The predicted octanol–water partition coefficient (Wildman–Crippen LogP) is 2.52. The van der Waals surface area contributed by atoms with Crippen molar-refractivity contribution in [3.05, 3.63) is 28.0 Å². The van der Waals surface area contributed by atoms with Crippen LogP contribution in [0.3, 0.4) is 0 Å². The van der Waals surface area contributed by atoms with Crippen LogP contribution in [-0.4, -0.2) is 14.2 Å². The van der Waals surface area contributed by atoms with Gasteiger partial charge in [0.15, 0.2) is 0 Å². The highest BCUT2D eigenvalue weighted by molar-refractivity contribution is 6.31. The summed E-state index contributed by atoms with van der Waals surface area (Å²) in [6.45, 7) is 2.28. The monoisotopic (exact) mass is 217 g/mol. The van der Waals surface area contributed by atoms with E-state index < -0.39 is 5.82 Å². The van der Waals surface area contributed by atoms with Gasteiger partial charge in [0.2, 0.25) is 0 Å². The van der Waals surface area contributed by atoms with Gasteiger partial charge in [0, 0.05) is 12.1 Å². The van der Waals surface area contributed by atoms with Gasteiger partial charge < -0.3 is 10.1 Å². The van der Waals surface area contributed by atoms with E-state index >= 15 is 0 Å². The average molecular weight is 218 g/mol. The van der Waals surface area contributed by atoms with Crippen molar-refractivity contribution in [3.63, 3.8) is 0 Å². The van der Waals surface area contributed by atoms with Crippen molar-refractivity contribution in [2.45, 2.75) is 13.5 Å². The summed E-state index contributed by atoms with van der Waals surface area (Å²) in [5, 5.41) is 3.05. The van der Waals surface area contributed by atoms with Crippen LogP contribution in [0.15, 0.2) is 6.07 Å². The van der Waals surface area contributed by atoms with Gasteiger partial charge >= 0.3 is 0 Å². The molecule has 4 heteroatoms. The predicted molar refractivity (Wildman–Crippen MR) is 55.5 cm³/mol. The minimum Gasteiger partial charge on any atom is -0.496 e. The van der Waals surface area contributed by atoms with Crippen LogP contribution in [0.5, 0.6) is 5.75 Å². The fraction of sp³-hybridized carbons (Fsp3) is 0.400. The molecule has 1 aromatic carbocycles. The SMILES string of the molecule is CNCc1c(Cl)c(F)cc(C)c1OC. The Hall–Kier alpha value is -0.800. The van der Waals surface area contributed by atoms with Crippen molar-refractivity contribution in [2.24, 2.45) is 0 Å². The molecule has 0 spiro atoms. The zero-order chi connectivity index (χ0) is 10.7. The van der Waals surface area contributed by atoms with Gasteiger partial charge in [0.25, 0.3) is 0 Å². The van der Waals surface area contributed by atoms with Crippen LogP contribution in [0.2, 0.25) is 5.02 Å². The maximum Gasteiger partial charge on any atom is 0.142 e. The largest absolute Gasteiger partial charge is 0.496 e. The second kappa shape index (κ2) is 4.62. The van der Waals surface area contributed by atoms with Gasteiger partial charge in [-0.1, -0.05) is 11.6 Å². The third kappa shape index (κ3) is 1.99. The topological polar surface area (TPSA) is 21.3 Å². The number of halogens is 2. The first-order chi connectivity index (χ1) is 6.61. The number of aryl methyl sites for hydroxylation is 1. The first kappa shape index (κ1) is 11.3. The van der Waals surface area contributed by atoms with E-state index in [2.05, 4.69) is 5.32 Å². The summed E-state index contributed by atoms with van der Waals surface area (Å²) in [6, 6.07) is 1.38. The Bertz CT molecular complexity index is 341. The molecule has 1 aromatic rings. The number of rotatable bonds is 3. The Balaban J connectivity index is 3.32. The lowest BCUT2D eigenvalue weighted by Gasteiger charge is -2.13. The second-order valence-corrected chi connectivity index (χ2v) is 3.41. The van der Waals surface area contributed by atoms with Crippen LogP contribution in [0.1, 0.15) is 11.1 Å². The van der Waals surface area contributed by atoms with E-state index in [0.29, 0.717) is 17.9 Å². The average Bonchev–Trinajstić information content (AvgIpc) is 2.14.